The maximum atomic E-state index is 12.1. The van der Waals surface area contributed by atoms with Gasteiger partial charge >= 0.3 is 6.03 Å². The van der Waals surface area contributed by atoms with Crippen LogP contribution in [-0.4, -0.2) is 30.1 Å². The number of carbonyl (C=O) groups is 1. The molecule has 1 aliphatic heterocycles. The number of amides is 2. The zero-order valence-corrected chi connectivity index (χ0v) is 11.0. The summed E-state index contributed by atoms with van der Waals surface area (Å²) in [6.45, 7) is 3.43. The standard InChI is InChI=1S/C14H18N4O/c1-10-9-18(7-6-13(10)16)14(19)17-12-4-2-11(8-15)3-5-12/h2-5,10,13H,6-7,9,16H2,1H3,(H,17,19). The highest BCUT2D eigenvalue weighted by atomic mass is 16.2. The smallest absolute Gasteiger partial charge is 0.321 e. The molecule has 0 saturated carbocycles. The van der Waals surface area contributed by atoms with Gasteiger partial charge in [0.25, 0.3) is 0 Å². The SMILES string of the molecule is CC1CN(C(=O)Nc2ccc(C#N)cc2)CCC1N. The highest BCUT2D eigenvalue weighted by molar-refractivity contribution is 5.89. The van der Waals surface area contributed by atoms with Crippen molar-refractivity contribution in [3.8, 4) is 6.07 Å². The molecule has 2 atom stereocenters. The van der Waals surface area contributed by atoms with Crippen LogP contribution in [0.2, 0.25) is 0 Å². The quantitative estimate of drug-likeness (QED) is 0.805. The van der Waals surface area contributed by atoms with Gasteiger partial charge in [0.2, 0.25) is 0 Å². The number of urea groups is 1. The number of piperidine rings is 1. The lowest BCUT2D eigenvalue weighted by Gasteiger charge is -2.35. The molecule has 1 fully saturated rings. The number of nitrogens with zero attached hydrogens (tertiary/aromatic N) is 2. The van der Waals surface area contributed by atoms with Gasteiger partial charge in [0, 0.05) is 24.8 Å². The summed E-state index contributed by atoms with van der Waals surface area (Å²) in [5, 5.41) is 11.5. The van der Waals surface area contributed by atoms with E-state index < -0.39 is 0 Å². The van der Waals surface area contributed by atoms with Crippen molar-refractivity contribution in [2.45, 2.75) is 19.4 Å². The zero-order valence-electron chi connectivity index (χ0n) is 11.0. The summed E-state index contributed by atoms with van der Waals surface area (Å²) in [5.74, 6) is 0.320. The number of nitriles is 1. The van der Waals surface area contributed by atoms with Crippen LogP contribution in [0.4, 0.5) is 10.5 Å². The summed E-state index contributed by atoms with van der Waals surface area (Å²) in [6.07, 6.45) is 0.835. The fourth-order valence-corrected chi connectivity index (χ4v) is 2.18. The first kappa shape index (κ1) is 13.4. The summed E-state index contributed by atoms with van der Waals surface area (Å²) in [7, 11) is 0. The van der Waals surface area contributed by atoms with E-state index in [0.717, 1.165) is 6.42 Å². The molecule has 2 rings (SSSR count). The highest BCUT2D eigenvalue weighted by Gasteiger charge is 2.26. The van der Waals surface area contributed by atoms with Crippen LogP contribution in [-0.2, 0) is 0 Å². The zero-order chi connectivity index (χ0) is 13.8. The maximum Gasteiger partial charge on any atom is 0.321 e. The number of likely N-dealkylation sites (tertiary alicyclic amines) is 1. The molecule has 100 valence electrons. The van der Waals surface area contributed by atoms with Gasteiger partial charge in [-0.3, -0.25) is 0 Å². The lowest BCUT2D eigenvalue weighted by atomic mass is 9.95. The Labute approximate surface area is 113 Å². The minimum absolute atomic E-state index is 0.108. The molecule has 19 heavy (non-hydrogen) atoms. The fraction of sp³-hybridized carbons (Fsp3) is 0.429. The molecule has 5 heteroatoms. The van der Waals surface area contributed by atoms with E-state index in [1.807, 2.05) is 6.07 Å². The van der Waals surface area contributed by atoms with Crippen LogP contribution in [0.3, 0.4) is 0 Å². The number of hydrogen-bond donors (Lipinski definition) is 2. The summed E-state index contributed by atoms with van der Waals surface area (Å²) >= 11 is 0. The van der Waals surface area contributed by atoms with E-state index in [1.54, 1.807) is 29.2 Å². The van der Waals surface area contributed by atoms with Crippen molar-refractivity contribution in [1.29, 1.82) is 5.26 Å². The van der Waals surface area contributed by atoms with Crippen molar-refractivity contribution >= 4 is 11.7 Å². The first-order chi connectivity index (χ1) is 9.10. The molecule has 0 radical (unpaired) electrons. The molecule has 1 saturated heterocycles. The maximum absolute atomic E-state index is 12.1. The minimum Gasteiger partial charge on any atom is -0.327 e. The Morgan fingerprint density at radius 3 is 2.74 bits per heavy atom. The summed E-state index contributed by atoms with van der Waals surface area (Å²) in [4.78, 5) is 13.9. The molecular weight excluding hydrogens is 240 g/mol. The Bertz CT molecular complexity index is 491. The molecule has 0 aliphatic carbocycles. The molecular formula is C14H18N4O. The van der Waals surface area contributed by atoms with Gasteiger partial charge in [-0.25, -0.2) is 4.79 Å². The summed E-state index contributed by atoms with van der Waals surface area (Å²) < 4.78 is 0. The molecule has 1 heterocycles. The van der Waals surface area contributed by atoms with E-state index in [9.17, 15) is 4.79 Å². The van der Waals surface area contributed by atoms with Crippen molar-refractivity contribution in [1.82, 2.24) is 4.90 Å². The summed E-state index contributed by atoms with van der Waals surface area (Å²) in [5.41, 5.74) is 7.22. The first-order valence-electron chi connectivity index (χ1n) is 6.42. The fourth-order valence-electron chi connectivity index (χ4n) is 2.18. The van der Waals surface area contributed by atoms with Gasteiger partial charge in [0.15, 0.2) is 0 Å². The van der Waals surface area contributed by atoms with Gasteiger partial charge in [0.1, 0.15) is 0 Å². The number of nitrogens with two attached hydrogens (primary N) is 1. The number of benzene rings is 1. The highest BCUT2D eigenvalue weighted by Crippen LogP contribution is 2.16. The van der Waals surface area contributed by atoms with Crippen molar-refractivity contribution in [2.24, 2.45) is 11.7 Å². The molecule has 3 N–H and O–H groups in total. The lowest BCUT2D eigenvalue weighted by molar-refractivity contribution is 0.172. The van der Waals surface area contributed by atoms with Crippen LogP contribution in [0.15, 0.2) is 24.3 Å². The summed E-state index contributed by atoms with van der Waals surface area (Å²) in [6, 6.07) is 8.95. The molecule has 0 spiro atoms. The number of anilines is 1. The van der Waals surface area contributed by atoms with E-state index in [0.29, 0.717) is 30.3 Å². The third-order valence-electron chi connectivity index (χ3n) is 3.52. The molecule has 2 unspecified atom stereocenters. The predicted molar refractivity (Wildman–Crippen MR) is 73.5 cm³/mol. The van der Waals surface area contributed by atoms with Gasteiger partial charge in [0.05, 0.1) is 11.6 Å². The van der Waals surface area contributed by atoms with E-state index in [1.165, 1.54) is 0 Å². The third-order valence-corrected chi connectivity index (χ3v) is 3.52. The van der Waals surface area contributed by atoms with Crippen LogP contribution in [0, 0.1) is 17.2 Å². The number of hydrogen-bond acceptors (Lipinski definition) is 3. The molecule has 1 aromatic carbocycles. The topological polar surface area (TPSA) is 82.2 Å². The van der Waals surface area contributed by atoms with Gasteiger partial charge < -0.3 is 16.0 Å². The van der Waals surface area contributed by atoms with Crippen molar-refractivity contribution in [3.05, 3.63) is 29.8 Å². The molecule has 1 aromatic rings. The van der Waals surface area contributed by atoms with Gasteiger partial charge in [-0.15, -0.1) is 0 Å². The third kappa shape index (κ3) is 3.24. The second-order valence-electron chi connectivity index (χ2n) is 5.00. The second-order valence-corrected chi connectivity index (χ2v) is 5.00. The van der Waals surface area contributed by atoms with Crippen molar-refractivity contribution < 1.29 is 4.79 Å². The molecule has 0 aromatic heterocycles. The monoisotopic (exact) mass is 258 g/mol. The average Bonchev–Trinajstić information content (AvgIpc) is 2.42. The van der Waals surface area contributed by atoms with E-state index in [-0.39, 0.29) is 12.1 Å². The second kappa shape index (κ2) is 5.72. The van der Waals surface area contributed by atoms with Crippen LogP contribution in [0.5, 0.6) is 0 Å². The van der Waals surface area contributed by atoms with Crippen molar-refractivity contribution in [3.63, 3.8) is 0 Å². The Kier molecular flexibility index (Phi) is 4.03. The van der Waals surface area contributed by atoms with Crippen LogP contribution in [0.1, 0.15) is 18.9 Å². The first-order valence-corrected chi connectivity index (χ1v) is 6.42. The normalized spacial score (nSPS) is 22.7. The Morgan fingerprint density at radius 2 is 2.16 bits per heavy atom. The molecule has 5 nitrogen and oxygen atoms in total. The average molecular weight is 258 g/mol. The molecule has 2 amide bonds. The largest absolute Gasteiger partial charge is 0.327 e. The van der Waals surface area contributed by atoms with Crippen LogP contribution < -0.4 is 11.1 Å². The van der Waals surface area contributed by atoms with Gasteiger partial charge in [-0.05, 0) is 36.6 Å². The van der Waals surface area contributed by atoms with Crippen molar-refractivity contribution in [2.75, 3.05) is 18.4 Å². The van der Waals surface area contributed by atoms with E-state index in [2.05, 4.69) is 12.2 Å². The van der Waals surface area contributed by atoms with Crippen LogP contribution in [0.25, 0.3) is 0 Å². The lowest BCUT2D eigenvalue weighted by Crippen LogP contribution is -2.49. The van der Waals surface area contributed by atoms with E-state index >= 15 is 0 Å². The number of nitrogens with one attached hydrogen (secondary N) is 1. The Morgan fingerprint density at radius 1 is 1.47 bits per heavy atom. The minimum atomic E-state index is -0.108. The molecule has 1 aliphatic rings. The van der Waals surface area contributed by atoms with Gasteiger partial charge in [-0.2, -0.15) is 5.26 Å². The van der Waals surface area contributed by atoms with Gasteiger partial charge in [-0.1, -0.05) is 6.92 Å². The predicted octanol–water partition coefficient (Wildman–Crippen LogP) is 1.76. The Hall–Kier alpha value is -2.06. The van der Waals surface area contributed by atoms with Crippen LogP contribution >= 0.6 is 0 Å². The number of rotatable bonds is 1. The van der Waals surface area contributed by atoms with E-state index in [4.69, 9.17) is 11.0 Å². The molecule has 0 bridgehead atoms. The Balaban J connectivity index is 1.95. The number of carbonyl (C=O) groups excluding carboxylic acids is 1.